The van der Waals surface area contributed by atoms with Gasteiger partial charge < -0.3 is 15.2 Å². The van der Waals surface area contributed by atoms with Crippen molar-refractivity contribution in [1.82, 2.24) is 14.9 Å². The molecule has 27 heavy (non-hydrogen) atoms. The number of rotatable bonds is 4. The number of hydrogen-bond donors (Lipinski definition) is 2. The largest absolute Gasteiger partial charge is 0.481 e. The maximum Gasteiger partial charge on any atom is 0.223 e. The number of thiazole rings is 1. The quantitative estimate of drug-likeness (QED) is 0.781. The van der Waals surface area contributed by atoms with Crippen LogP contribution in [0.25, 0.3) is 0 Å². The van der Waals surface area contributed by atoms with E-state index in [2.05, 4.69) is 32.0 Å². The molecule has 2 N–H and O–H groups in total. The van der Waals surface area contributed by atoms with Crippen molar-refractivity contribution in [2.24, 2.45) is 0 Å². The van der Waals surface area contributed by atoms with Gasteiger partial charge >= 0.3 is 0 Å². The van der Waals surface area contributed by atoms with Crippen LogP contribution in [0.5, 0.6) is 5.88 Å². The topological polar surface area (TPSA) is 87.6 Å². The Morgan fingerprint density at radius 3 is 2.93 bits per heavy atom. The van der Waals surface area contributed by atoms with Crippen LogP contribution >= 0.6 is 11.3 Å². The highest BCUT2D eigenvalue weighted by molar-refractivity contribution is 7.15. The standard InChI is InChI=1S/C19H22N4O3S/c1-14(24)21-18-20-12-16(27-18)13-23-10-8-19(25,9-11-23)7-6-15-4-3-5-17(22-15)26-2/h3-5,12,25H,8-11,13H2,1-2H3,(H,20,21,24). The van der Waals surface area contributed by atoms with Gasteiger partial charge in [-0.15, -0.1) is 11.3 Å². The Morgan fingerprint density at radius 2 is 2.22 bits per heavy atom. The molecule has 2 aromatic heterocycles. The van der Waals surface area contributed by atoms with Crippen LogP contribution in [0.4, 0.5) is 5.13 Å². The Kier molecular flexibility index (Phi) is 6.06. The Bertz CT molecular complexity index is 863. The second-order valence-electron chi connectivity index (χ2n) is 6.44. The molecule has 1 saturated heterocycles. The molecule has 0 spiro atoms. The van der Waals surface area contributed by atoms with Gasteiger partial charge in [0, 0.05) is 56.5 Å². The number of piperidine rings is 1. The number of ether oxygens (including phenoxy) is 1. The Balaban J connectivity index is 1.55. The summed E-state index contributed by atoms with van der Waals surface area (Å²) in [5, 5.41) is 14.0. The van der Waals surface area contributed by atoms with Gasteiger partial charge in [0.15, 0.2) is 5.13 Å². The van der Waals surface area contributed by atoms with E-state index in [1.165, 1.54) is 18.3 Å². The van der Waals surface area contributed by atoms with Crippen molar-refractivity contribution in [3.8, 4) is 17.7 Å². The summed E-state index contributed by atoms with van der Waals surface area (Å²) in [4.78, 5) is 22.9. The van der Waals surface area contributed by atoms with Crippen molar-refractivity contribution in [1.29, 1.82) is 0 Å². The molecule has 0 bridgehead atoms. The number of pyridine rings is 1. The van der Waals surface area contributed by atoms with E-state index in [-0.39, 0.29) is 5.91 Å². The summed E-state index contributed by atoms with van der Waals surface area (Å²) in [5.74, 6) is 6.32. The molecule has 8 heteroatoms. The molecular formula is C19H22N4O3S. The molecule has 2 aromatic rings. The van der Waals surface area contributed by atoms with Crippen LogP contribution in [0.3, 0.4) is 0 Å². The van der Waals surface area contributed by atoms with Crippen molar-refractivity contribution in [2.45, 2.75) is 31.9 Å². The maximum absolute atomic E-state index is 11.1. The highest BCUT2D eigenvalue weighted by Crippen LogP contribution is 2.25. The molecule has 1 amide bonds. The highest BCUT2D eigenvalue weighted by atomic mass is 32.1. The van der Waals surface area contributed by atoms with Gasteiger partial charge in [-0.3, -0.25) is 9.69 Å². The second kappa shape index (κ2) is 8.48. The molecule has 0 aliphatic carbocycles. The van der Waals surface area contributed by atoms with Crippen LogP contribution in [0, 0.1) is 11.8 Å². The highest BCUT2D eigenvalue weighted by Gasteiger charge is 2.30. The average molecular weight is 386 g/mol. The summed E-state index contributed by atoms with van der Waals surface area (Å²) in [6.45, 7) is 3.70. The fourth-order valence-electron chi connectivity index (χ4n) is 2.79. The number of methoxy groups -OCH3 is 1. The number of aromatic nitrogens is 2. The predicted molar refractivity (Wildman–Crippen MR) is 104 cm³/mol. The molecule has 1 fully saturated rings. The third-order valence-corrected chi connectivity index (χ3v) is 5.15. The number of nitrogens with zero attached hydrogens (tertiary/aromatic N) is 3. The second-order valence-corrected chi connectivity index (χ2v) is 7.55. The Morgan fingerprint density at radius 1 is 1.44 bits per heavy atom. The first-order valence-electron chi connectivity index (χ1n) is 8.67. The Labute approximate surface area is 162 Å². The zero-order valence-corrected chi connectivity index (χ0v) is 16.2. The smallest absolute Gasteiger partial charge is 0.223 e. The lowest BCUT2D eigenvalue weighted by molar-refractivity contribution is -0.114. The average Bonchev–Trinajstić information content (AvgIpc) is 3.08. The lowest BCUT2D eigenvalue weighted by atomic mass is 9.92. The first kappa shape index (κ1) is 19.3. The minimum absolute atomic E-state index is 0.122. The molecule has 142 valence electrons. The van der Waals surface area contributed by atoms with E-state index in [9.17, 15) is 9.90 Å². The third kappa shape index (κ3) is 5.50. The molecule has 1 aliphatic rings. The lowest BCUT2D eigenvalue weighted by Gasteiger charge is -2.34. The minimum atomic E-state index is -1.00. The van der Waals surface area contributed by atoms with Crippen molar-refractivity contribution < 1.29 is 14.6 Å². The number of aliphatic hydroxyl groups is 1. The van der Waals surface area contributed by atoms with Crippen LogP contribution in [0.15, 0.2) is 24.4 Å². The van der Waals surface area contributed by atoms with E-state index in [0.717, 1.165) is 24.5 Å². The van der Waals surface area contributed by atoms with Gasteiger partial charge in [-0.2, -0.15) is 0 Å². The SMILES string of the molecule is COc1cccc(C#CC2(O)CCN(Cc3cnc(NC(C)=O)s3)CC2)n1. The number of hydrogen-bond acceptors (Lipinski definition) is 7. The van der Waals surface area contributed by atoms with Crippen molar-refractivity contribution in [2.75, 3.05) is 25.5 Å². The number of carbonyl (C=O) groups excluding carboxylic acids is 1. The lowest BCUT2D eigenvalue weighted by Crippen LogP contribution is -2.43. The summed E-state index contributed by atoms with van der Waals surface area (Å²) in [6, 6.07) is 5.38. The normalized spacial score (nSPS) is 16.3. The zero-order valence-electron chi connectivity index (χ0n) is 15.4. The number of nitrogens with one attached hydrogen (secondary N) is 1. The van der Waals surface area contributed by atoms with Gasteiger partial charge in [0.2, 0.25) is 11.8 Å². The summed E-state index contributed by atoms with van der Waals surface area (Å²) in [6.07, 6.45) is 2.92. The van der Waals surface area contributed by atoms with E-state index in [4.69, 9.17) is 4.74 Å². The van der Waals surface area contributed by atoms with Gasteiger partial charge in [0.05, 0.1) is 7.11 Å². The van der Waals surface area contributed by atoms with Gasteiger partial charge in [-0.1, -0.05) is 12.0 Å². The fraction of sp³-hybridized carbons (Fsp3) is 0.421. The molecule has 0 radical (unpaired) electrons. The summed E-state index contributed by atoms with van der Waals surface area (Å²) < 4.78 is 5.09. The number of amides is 1. The van der Waals surface area contributed by atoms with Crippen LogP contribution in [-0.2, 0) is 11.3 Å². The molecule has 0 saturated carbocycles. The monoisotopic (exact) mass is 386 g/mol. The minimum Gasteiger partial charge on any atom is -0.481 e. The summed E-state index contributed by atoms with van der Waals surface area (Å²) in [5.41, 5.74) is -0.420. The number of likely N-dealkylation sites (tertiary alicyclic amines) is 1. The van der Waals surface area contributed by atoms with Crippen LogP contribution in [0.2, 0.25) is 0 Å². The van der Waals surface area contributed by atoms with Crippen LogP contribution in [0.1, 0.15) is 30.3 Å². The van der Waals surface area contributed by atoms with Crippen molar-refractivity contribution in [3.05, 3.63) is 35.0 Å². The number of anilines is 1. The zero-order chi connectivity index (χ0) is 19.3. The van der Waals surface area contributed by atoms with E-state index in [0.29, 0.717) is 29.5 Å². The van der Waals surface area contributed by atoms with Gasteiger partial charge in [0.25, 0.3) is 0 Å². The van der Waals surface area contributed by atoms with Crippen molar-refractivity contribution in [3.63, 3.8) is 0 Å². The van der Waals surface area contributed by atoms with Crippen LogP contribution < -0.4 is 10.1 Å². The molecule has 0 unspecified atom stereocenters. The van der Waals surface area contributed by atoms with Gasteiger partial charge in [-0.05, 0) is 12.0 Å². The molecule has 0 atom stereocenters. The van der Waals surface area contributed by atoms with Crippen LogP contribution in [-0.4, -0.2) is 51.7 Å². The van der Waals surface area contributed by atoms with E-state index < -0.39 is 5.60 Å². The molecule has 7 nitrogen and oxygen atoms in total. The van der Waals surface area contributed by atoms with Gasteiger partial charge in [0.1, 0.15) is 11.3 Å². The fourth-order valence-corrected chi connectivity index (χ4v) is 3.69. The van der Waals surface area contributed by atoms with Crippen molar-refractivity contribution >= 4 is 22.4 Å². The first-order chi connectivity index (χ1) is 13.0. The molecular weight excluding hydrogens is 364 g/mol. The van der Waals surface area contributed by atoms with E-state index in [1.807, 2.05) is 6.07 Å². The maximum atomic E-state index is 11.1. The molecule has 3 rings (SSSR count). The first-order valence-corrected chi connectivity index (χ1v) is 9.49. The summed E-state index contributed by atoms with van der Waals surface area (Å²) >= 11 is 1.47. The molecule has 3 heterocycles. The van der Waals surface area contributed by atoms with E-state index in [1.54, 1.807) is 25.4 Å². The molecule has 1 aliphatic heterocycles. The van der Waals surface area contributed by atoms with E-state index >= 15 is 0 Å². The molecule has 0 aromatic carbocycles. The third-order valence-electron chi connectivity index (χ3n) is 4.26. The predicted octanol–water partition coefficient (Wildman–Crippen LogP) is 1.88. The van der Waals surface area contributed by atoms with Gasteiger partial charge in [-0.25, -0.2) is 9.97 Å². The Hall–Kier alpha value is -2.47. The summed E-state index contributed by atoms with van der Waals surface area (Å²) in [7, 11) is 1.56. The number of carbonyl (C=O) groups is 1.